The topological polar surface area (TPSA) is 41.6 Å². The van der Waals surface area contributed by atoms with Gasteiger partial charge in [0.05, 0.1) is 6.33 Å². The summed E-state index contributed by atoms with van der Waals surface area (Å²) in [5.41, 5.74) is 6.23. The molecule has 3 aromatic rings. The lowest BCUT2D eigenvalue weighted by molar-refractivity contribution is 0.754. The number of rotatable bonds is 4. The summed E-state index contributed by atoms with van der Waals surface area (Å²) in [5, 5.41) is 0. The van der Waals surface area contributed by atoms with E-state index in [1.165, 1.54) is 16.7 Å². The molecule has 1 aromatic carbocycles. The minimum atomic E-state index is 0.252. The first-order valence-corrected chi connectivity index (χ1v) is 7.20. The lowest BCUT2D eigenvalue weighted by Crippen LogP contribution is -2.09. The van der Waals surface area contributed by atoms with Crippen molar-refractivity contribution in [2.45, 2.75) is 26.2 Å². The molecular weight excluding hydrogens is 258 g/mol. The van der Waals surface area contributed by atoms with E-state index < -0.39 is 0 Å². The monoisotopic (exact) mass is 277 g/mol. The van der Waals surface area contributed by atoms with Gasteiger partial charge in [0.2, 0.25) is 0 Å². The van der Waals surface area contributed by atoms with E-state index in [1.54, 1.807) is 6.33 Å². The highest BCUT2D eigenvalue weighted by molar-refractivity contribution is 5.40. The molecule has 1 N–H and O–H groups in total. The molecule has 1 atom stereocenters. The second-order valence-electron chi connectivity index (χ2n) is 5.37. The van der Waals surface area contributed by atoms with E-state index in [4.69, 9.17) is 0 Å². The molecule has 0 aliphatic heterocycles. The Morgan fingerprint density at radius 3 is 2.71 bits per heavy atom. The predicted molar refractivity (Wildman–Crippen MR) is 84.3 cm³/mol. The van der Waals surface area contributed by atoms with Crippen LogP contribution in [0.25, 0.3) is 0 Å². The summed E-state index contributed by atoms with van der Waals surface area (Å²) in [6.45, 7) is 4.34. The third-order valence-corrected chi connectivity index (χ3v) is 4.06. The maximum absolute atomic E-state index is 4.47. The second kappa shape index (κ2) is 5.92. The SMILES string of the molecule is Cc1cccc([C@H](Cc2ccccn2)c2cnc[nH]2)c1C. The summed E-state index contributed by atoms with van der Waals surface area (Å²) in [7, 11) is 0. The van der Waals surface area contributed by atoms with Gasteiger partial charge in [-0.2, -0.15) is 0 Å². The fraction of sp³-hybridized carbons (Fsp3) is 0.222. The van der Waals surface area contributed by atoms with Gasteiger partial charge in [0.25, 0.3) is 0 Å². The number of aromatic amines is 1. The van der Waals surface area contributed by atoms with Crippen molar-refractivity contribution in [1.29, 1.82) is 0 Å². The Hall–Kier alpha value is -2.42. The fourth-order valence-corrected chi connectivity index (χ4v) is 2.72. The van der Waals surface area contributed by atoms with E-state index in [0.29, 0.717) is 0 Å². The van der Waals surface area contributed by atoms with Crippen molar-refractivity contribution in [3.05, 3.63) is 83.2 Å². The standard InChI is InChI=1S/C18H19N3/c1-13-6-5-8-16(14(13)2)17(18-11-19-12-21-18)10-15-7-3-4-9-20-15/h3-9,11-12,17H,10H2,1-2H3,(H,19,21)/t17-/m0/s1. The summed E-state index contributed by atoms with van der Waals surface area (Å²) < 4.78 is 0. The zero-order valence-electron chi connectivity index (χ0n) is 12.4. The molecule has 0 aliphatic carbocycles. The van der Waals surface area contributed by atoms with Crippen LogP contribution in [0, 0.1) is 13.8 Å². The maximum atomic E-state index is 4.47. The quantitative estimate of drug-likeness (QED) is 0.788. The zero-order valence-corrected chi connectivity index (χ0v) is 12.4. The molecule has 106 valence electrons. The van der Waals surface area contributed by atoms with Crippen molar-refractivity contribution in [2.24, 2.45) is 0 Å². The molecule has 3 nitrogen and oxygen atoms in total. The molecule has 2 aromatic heterocycles. The molecular formula is C18H19N3. The van der Waals surface area contributed by atoms with Gasteiger partial charge in [0.15, 0.2) is 0 Å². The van der Waals surface area contributed by atoms with Crippen LogP contribution in [0.15, 0.2) is 55.1 Å². The smallest absolute Gasteiger partial charge is 0.0921 e. The molecule has 0 bridgehead atoms. The Kier molecular flexibility index (Phi) is 3.82. The maximum Gasteiger partial charge on any atom is 0.0921 e. The van der Waals surface area contributed by atoms with Crippen molar-refractivity contribution in [2.75, 3.05) is 0 Å². The molecule has 21 heavy (non-hydrogen) atoms. The van der Waals surface area contributed by atoms with E-state index in [-0.39, 0.29) is 5.92 Å². The number of H-pyrrole nitrogens is 1. The van der Waals surface area contributed by atoms with Gasteiger partial charge in [0.1, 0.15) is 0 Å². The number of hydrogen-bond donors (Lipinski definition) is 1. The number of pyridine rings is 1. The van der Waals surface area contributed by atoms with Gasteiger partial charge in [-0.1, -0.05) is 24.3 Å². The molecule has 0 aliphatic rings. The zero-order chi connectivity index (χ0) is 14.7. The highest BCUT2D eigenvalue weighted by Crippen LogP contribution is 2.30. The van der Waals surface area contributed by atoms with Crippen molar-refractivity contribution < 1.29 is 0 Å². The van der Waals surface area contributed by atoms with Gasteiger partial charge in [-0.15, -0.1) is 0 Å². The lowest BCUT2D eigenvalue weighted by Gasteiger charge is -2.19. The Morgan fingerprint density at radius 1 is 1.10 bits per heavy atom. The average molecular weight is 277 g/mol. The van der Waals surface area contributed by atoms with Crippen LogP contribution < -0.4 is 0 Å². The van der Waals surface area contributed by atoms with Gasteiger partial charge in [0, 0.05) is 36.1 Å². The van der Waals surface area contributed by atoms with Crippen molar-refractivity contribution in [3.63, 3.8) is 0 Å². The van der Waals surface area contributed by atoms with Crippen LogP contribution in [0.2, 0.25) is 0 Å². The molecule has 0 unspecified atom stereocenters. The highest BCUT2D eigenvalue weighted by atomic mass is 14.9. The van der Waals surface area contributed by atoms with Crippen LogP contribution in [0.1, 0.15) is 34.0 Å². The van der Waals surface area contributed by atoms with Crippen LogP contribution in [-0.4, -0.2) is 15.0 Å². The summed E-state index contributed by atoms with van der Waals surface area (Å²) >= 11 is 0. The van der Waals surface area contributed by atoms with Crippen molar-refractivity contribution in [1.82, 2.24) is 15.0 Å². The Bertz CT molecular complexity index is 703. The normalized spacial score (nSPS) is 12.3. The van der Waals surface area contributed by atoms with Gasteiger partial charge >= 0.3 is 0 Å². The highest BCUT2D eigenvalue weighted by Gasteiger charge is 2.19. The first-order valence-electron chi connectivity index (χ1n) is 7.20. The van der Waals surface area contributed by atoms with Gasteiger partial charge in [-0.3, -0.25) is 4.98 Å². The number of nitrogens with zero attached hydrogens (tertiary/aromatic N) is 2. The molecule has 0 saturated heterocycles. The van der Waals surface area contributed by atoms with E-state index in [2.05, 4.69) is 53.1 Å². The van der Waals surface area contributed by atoms with Crippen LogP contribution >= 0.6 is 0 Å². The van der Waals surface area contributed by atoms with E-state index >= 15 is 0 Å². The Balaban J connectivity index is 2.03. The molecule has 0 radical (unpaired) electrons. The molecule has 3 heteroatoms. The van der Waals surface area contributed by atoms with E-state index in [9.17, 15) is 0 Å². The number of imidazole rings is 1. The van der Waals surface area contributed by atoms with Gasteiger partial charge in [-0.05, 0) is 42.7 Å². The Morgan fingerprint density at radius 2 is 2.00 bits per heavy atom. The first-order chi connectivity index (χ1) is 10.3. The number of hydrogen-bond acceptors (Lipinski definition) is 2. The number of benzene rings is 1. The number of aromatic nitrogens is 3. The predicted octanol–water partition coefficient (Wildman–Crippen LogP) is 3.80. The Labute approximate surface area is 125 Å². The largest absolute Gasteiger partial charge is 0.348 e. The average Bonchev–Trinajstić information content (AvgIpc) is 3.03. The molecule has 2 heterocycles. The van der Waals surface area contributed by atoms with Crippen LogP contribution in [-0.2, 0) is 6.42 Å². The number of nitrogens with one attached hydrogen (secondary N) is 1. The fourth-order valence-electron chi connectivity index (χ4n) is 2.72. The first kappa shape index (κ1) is 13.6. The molecule has 0 amide bonds. The molecule has 0 fully saturated rings. The molecule has 0 spiro atoms. The van der Waals surface area contributed by atoms with Crippen LogP contribution in [0.3, 0.4) is 0 Å². The minimum Gasteiger partial charge on any atom is -0.348 e. The van der Waals surface area contributed by atoms with Gasteiger partial charge < -0.3 is 4.98 Å². The van der Waals surface area contributed by atoms with Crippen molar-refractivity contribution >= 4 is 0 Å². The van der Waals surface area contributed by atoms with Crippen LogP contribution in [0.4, 0.5) is 0 Å². The summed E-state index contributed by atoms with van der Waals surface area (Å²) in [4.78, 5) is 11.9. The second-order valence-corrected chi connectivity index (χ2v) is 5.37. The van der Waals surface area contributed by atoms with E-state index in [0.717, 1.165) is 17.8 Å². The summed E-state index contributed by atoms with van der Waals surface area (Å²) in [6.07, 6.45) is 6.37. The summed E-state index contributed by atoms with van der Waals surface area (Å²) in [5.74, 6) is 0.252. The summed E-state index contributed by atoms with van der Waals surface area (Å²) in [6, 6.07) is 12.6. The molecule has 0 saturated carbocycles. The number of aryl methyl sites for hydroxylation is 1. The van der Waals surface area contributed by atoms with Crippen molar-refractivity contribution in [3.8, 4) is 0 Å². The minimum absolute atomic E-state index is 0.252. The van der Waals surface area contributed by atoms with Crippen LogP contribution in [0.5, 0.6) is 0 Å². The molecule has 3 rings (SSSR count). The third kappa shape index (κ3) is 2.87. The van der Waals surface area contributed by atoms with E-state index in [1.807, 2.05) is 24.5 Å². The third-order valence-electron chi connectivity index (χ3n) is 4.06. The lowest BCUT2D eigenvalue weighted by atomic mass is 9.87. The van der Waals surface area contributed by atoms with Gasteiger partial charge in [-0.25, -0.2) is 4.98 Å².